The molecule has 0 spiro atoms. The number of aryl methyl sites for hydroxylation is 1. The Morgan fingerprint density at radius 1 is 1.00 bits per heavy atom. The van der Waals surface area contributed by atoms with Crippen LogP contribution in [0.4, 0.5) is 0 Å². The highest BCUT2D eigenvalue weighted by Crippen LogP contribution is 2.23. The topological polar surface area (TPSA) is 78.5 Å². The van der Waals surface area contributed by atoms with Crippen molar-refractivity contribution in [2.45, 2.75) is 39.2 Å². The molecule has 3 amide bonds. The van der Waals surface area contributed by atoms with Crippen molar-refractivity contribution in [3.8, 4) is 0 Å². The number of nitrogens with zero attached hydrogens (tertiary/aromatic N) is 1. The summed E-state index contributed by atoms with van der Waals surface area (Å²) in [4.78, 5) is 40.2. The van der Waals surface area contributed by atoms with Crippen LogP contribution in [0.2, 0.25) is 0 Å². The first-order valence-corrected chi connectivity index (χ1v) is 11.0. The molecule has 1 aliphatic heterocycles. The first kappa shape index (κ1) is 22.5. The second-order valence-corrected chi connectivity index (χ2v) is 8.11. The molecule has 1 saturated heterocycles. The minimum Gasteiger partial charge on any atom is -0.354 e. The van der Waals surface area contributed by atoms with Gasteiger partial charge in [0.25, 0.3) is 11.8 Å². The molecule has 2 N–H and O–H groups in total. The monoisotopic (exact) mass is 421 g/mol. The van der Waals surface area contributed by atoms with Gasteiger partial charge < -0.3 is 15.5 Å². The van der Waals surface area contributed by atoms with E-state index in [1.807, 2.05) is 67.3 Å². The number of piperidine rings is 1. The molecule has 2 aromatic rings. The smallest absolute Gasteiger partial charge is 0.253 e. The van der Waals surface area contributed by atoms with Crippen molar-refractivity contribution in [1.29, 1.82) is 0 Å². The lowest BCUT2D eigenvalue weighted by molar-refractivity contribution is -0.124. The van der Waals surface area contributed by atoms with Gasteiger partial charge in [0.1, 0.15) is 6.04 Å². The molecule has 164 valence electrons. The van der Waals surface area contributed by atoms with Crippen molar-refractivity contribution in [2.24, 2.45) is 5.92 Å². The molecule has 0 aliphatic carbocycles. The summed E-state index contributed by atoms with van der Waals surface area (Å²) < 4.78 is 0. The first-order chi connectivity index (χ1) is 15.0. The molecule has 2 aromatic carbocycles. The van der Waals surface area contributed by atoms with Crippen LogP contribution in [0.1, 0.15) is 52.5 Å². The lowest BCUT2D eigenvalue weighted by atomic mass is 9.88. The normalized spacial score (nSPS) is 15.2. The van der Waals surface area contributed by atoms with Crippen LogP contribution in [0.15, 0.2) is 54.6 Å². The number of carbonyl (C=O) groups is 3. The quantitative estimate of drug-likeness (QED) is 0.721. The van der Waals surface area contributed by atoms with Gasteiger partial charge >= 0.3 is 0 Å². The molecular weight excluding hydrogens is 390 g/mol. The Morgan fingerprint density at radius 3 is 2.32 bits per heavy atom. The summed E-state index contributed by atoms with van der Waals surface area (Å²) in [5, 5.41) is 5.88. The fourth-order valence-corrected chi connectivity index (χ4v) is 3.97. The molecule has 0 unspecified atom stereocenters. The lowest BCUT2D eigenvalue weighted by Crippen LogP contribution is -2.54. The van der Waals surface area contributed by atoms with Crippen LogP contribution in [0.5, 0.6) is 0 Å². The molecule has 0 aromatic heterocycles. The number of amides is 3. The molecule has 1 aliphatic rings. The highest BCUT2D eigenvalue weighted by atomic mass is 16.2. The van der Waals surface area contributed by atoms with Gasteiger partial charge in [0.15, 0.2) is 0 Å². The Hall–Kier alpha value is -3.15. The molecule has 6 heteroatoms. The van der Waals surface area contributed by atoms with E-state index < -0.39 is 6.04 Å². The number of benzene rings is 2. The summed E-state index contributed by atoms with van der Waals surface area (Å²) in [6.07, 6.45) is 2.15. The highest BCUT2D eigenvalue weighted by molar-refractivity contribution is 5.98. The third-order valence-corrected chi connectivity index (χ3v) is 5.72. The number of nitrogens with one attached hydrogen (secondary N) is 2. The molecule has 1 heterocycles. The van der Waals surface area contributed by atoms with E-state index in [9.17, 15) is 14.4 Å². The average molecular weight is 422 g/mol. The van der Waals surface area contributed by atoms with E-state index in [0.29, 0.717) is 43.6 Å². The molecule has 31 heavy (non-hydrogen) atoms. The molecular formula is C25H31N3O3. The lowest BCUT2D eigenvalue weighted by Gasteiger charge is -2.36. The maximum Gasteiger partial charge on any atom is 0.253 e. The summed E-state index contributed by atoms with van der Waals surface area (Å²) >= 11 is 0. The number of likely N-dealkylation sites (tertiary alicyclic amines) is 1. The van der Waals surface area contributed by atoms with Crippen LogP contribution in [0.25, 0.3) is 0 Å². The van der Waals surface area contributed by atoms with E-state index in [2.05, 4.69) is 10.6 Å². The first-order valence-electron chi connectivity index (χ1n) is 11.0. The van der Waals surface area contributed by atoms with E-state index in [4.69, 9.17) is 0 Å². The van der Waals surface area contributed by atoms with Crippen LogP contribution in [-0.4, -0.2) is 48.3 Å². The zero-order valence-corrected chi connectivity index (χ0v) is 18.3. The average Bonchev–Trinajstić information content (AvgIpc) is 2.81. The Balaban J connectivity index is 1.67. The maximum atomic E-state index is 12.9. The van der Waals surface area contributed by atoms with Gasteiger partial charge in [-0.25, -0.2) is 0 Å². The highest BCUT2D eigenvalue weighted by Gasteiger charge is 2.34. The van der Waals surface area contributed by atoms with Crippen molar-refractivity contribution in [2.75, 3.05) is 19.6 Å². The van der Waals surface area contributed by atoms with Crippen LogP contribution in [-0.2, 0) is 4.79 Å². The number of carbonyl (C=O) groups excluding carboxylic acids is 3. The minimum atomic E-state index is -0.617. The molecule has 1 fully saturated rings. The van der Waals surface area contributed by atoms with Gasteiger partial charge in [-0.2, -0.15) is 0 Å². The van der Waals surface area contributed by atoms with E-state index in [1.54, 1.807) is 6.07 Å². The van der Waals surface area contributed by atoms with Crippen molar-refractivity contribution in [1.82, 2.24) is 15.5 Å². The molecule has 3 rings (SSSR count). The van der Waals surface area contributed by atoms with Gasteiger partial charge in [-0.3, -0.25) is 14.4 Å². The largest absolute Gasteiger partial charge is 0.354 e. The third-order valence-electron chi connectivity index (χ3n) is 5.72. The van der Waals surface area contributed by atoms with Crippen molar-refractivity contribution < 1.29 is 14.4 Å². The van der Waals surface area contributed by atoms with Gasteiger partial charge in [-0.15, -0.1) is 0 Å². The van der Waals surface area contributed by atoms with E-state index in [1.165, 1.54) is 0 Å². The van der Waals surface area contributed by atoms with Gasteiger partial charge in [-0.05, 0) is 56.4 Å². The Morgan fingerprint density at radius 2 is 1.68 bits per heavy atom. The Bertz CT molecular complexity index is 905. The van der Waals surface area contributed by atoms with Crippen LogP contribution < -0.4 is 10.6 Å². The predicted molar refractivity (Wildman–Crippen MR) is 121 cm³/mol. The molecule has 0 bridgehead atoms. The van der Waals surface area contributed by atoms with Crippen molar-refractivity contribution >= 4 is 17.7 Å². The minimum absolute atomic E-state index is 0.00910. The van der Waals surface area contributed by atoms with E-state index in [0.717, 1.165) is 12.0 Å². The second kappa shape index (κ2) is 10.8. The predicted octanol–water partition coefficient (Wildman–Crippen LogP) is 3.17. The zero-order chi connectivity index (χ0) is 22.2. The van der Waals surface area contributed by atoms with Gasteiger partial charge in [0.2, 0.25) is 5.91 Å². The Labute approximate surface area is 184 Å². The number of hydrogen-bond acceptors (Lipinski definition) is 3. The standard InChI is InChI=1S/C25H31N3O3/c1-3-14-26-24(30)22(27-23(29)21-11-7-8-18(2)17-21)19-12-15-28(16-13-19)25(31)20-9-5-4-6-10-20/h4-11,17,19,22H,3,12-16H2,1-2H3,(H,26,30)(H,27,29)/t22-/m0/s1. The number of hydrogen-bond donors (Lipinski definition) is 2. The summed E-state index contributed by atoms with van der Waals surface area (Å²) in [6.45, 7) is 5.63. The van der Waals surface area contributed by atoms with Crippen LogP contribution >= 0.6 is 0 Å². The Kier molecular flexibility index (Phi) is 7.82. The van der Waals surface area contributed by atoms with E-state index in [-0.39, 0.29) is 23.6 Å². The summed E-state index contributed by atoms with van der Waals surface area (Å²) in [6, 6.07) is 16.0. The van der Waals surface area contributed by atoms with Crippen LogP contribution in [0, 0.1) is 12.8 Å². The molecule has 0 radical (unpaired) electrons. The summed E-state index contributed by atoms with van der Waals surface area (Å²) in [5.74, 6) is -0.418. The number of rotatable bonds is 7. The van der Waals surface area contributed by atoms with Gasteiger partial charge in [-0.1, -0.05) is 42.8 Å². The molecule has 6 nitrogen and oxygen atoms in total. The fraction of sp³-hybridized carbons (Fsp3) is 0.400. The van der Waals surface area contributed by atoms with Crippen LogP contribution in [0.3, 0.4) is 0 Å². The van der Waals surface area contributed by atoms with Gasteiger partial charge in [0, 0.05) is 30.8 Å². The van der Waals surface area contributed by atoms with E-state index >= 15 is 0 Å². The van der Waals surface area contributed by atoms with Gasteiger partial charge in [0.05, 0.1) is 0 Å². The maximum absolute atomic E-state index is 12.9. The second-order valence-electron chi connectivity index (χ2n) is 8.11. The summed E-state index contributed by atoms with van der Waals surface area (Å²) in [5.41, 5.74) is 2.21. The molecule has 0 saturated carbocycles. The van der Waals surface area contributed by atoms with Crippen molar-refractivity contribution in [3.63, 3.8) is 0 Å². The molecule has 1 atom stereocenters. The third kappa shape index (κ3) is 5.94. The SMILES string of the molecule is CCCNC(=O)[C@@H](NC(=O)c1cccc(C)c1)C1CCN(C(=O)c2ccccc2)CC1. The zero-order valence-electron chi connectivity index (χ0n) is 18.3. The fourth-order valence-electron chi connectivity index (χ4n) is 3.97. The summed E-state index contributed by atoms with van der Waals surface area (Å²) in [7, 11) is 0. The van der Waals surface area contributed by atoms with Crippen molar-refractivity contribution in [3.05, 3.63) is 71.3 Å².